The van der Waals surface area contributed by atoms with Gasteiger partial charge in [0.15, 0.2) is 0 Å². The third kappa shape index (κ3) is 4.06. The van der Waals surface area contributed by atoms with Gasteiger partial charge in [-0.1, -0.05) is 18.2 Å². The van der Waals surface area contributed by atoms with Crippen molar-refractivity contribution in [2.75, 3.05) is 0 Å². The molecule has 2 aromatic heterocycles. The van der Waals surface area contributed by atoms with Crippen molar-refractivity contribution >= 4 is 34.1 Å². The molecule has 0 saturated heterocycles. The number of rotatable bonds is 7. The van der Waals surface area contributed by atoms with Gasteiger partial charge in [-0.2, -0.15) is 0 Å². The first kappa shape index (κ1) is 17.2. The highest BCUT2D eigenvalue weighted by atomic mass is 32.1. The van der Waals surface area contributed by atoms with Gasteiger partial charge in [-0.05, 0) is 25.0 Å². The molecule has 0 radical (unpaired) electrons. The average molecular weight is 357 g/mol. The van der Waals surface area contributed by atoms with E-state index >= 15 is 0 Å². The largest absolute Gasteiger partial charge is 0.480 e. The van der Waals surface area contributed by atoms with Crippen LogP contribution in [0.25, 0.3) is 10.9 Å². The normalized spacial score (nSPS) is 12.2. The Labute approximate surface area is 148 Å². The summed E-state index contributed by atoms with van der Waals surface area (Å²) < 4.78 is 0. The molecule has 1 amide bonds. The lowest BCUT2D eigenvalue weighted by Crippen LogP contribution is -2.42. The minimum absolute atomic E-state index is 0.241. The molecule has 2 heterocycles. The molecule has 3 aromatic rings. The lowest BCUT2D eigenvalue weighted by molar-refractivity contribution is -0.141. The summed E-state index contributed by atoms with van der Waals surface area (Å²) in [4.78, 5) is 32.0. The summed E-state index contributed by atoms with van der Waals surface area (Å²) in [7, 11) is 0. The van der Waals surface area contributed by atoms with E-state index < -0.39 is 12.0 Å². The fourth-order valence-corrected chi connectivity index (χ4v) is 3.56. The molecule has 6 nitrogen and oxygen atoms in total. The van der Waals surface area contributed by atoms with Crippen molar-refractivity contribution in [1.29, 1.82) is 0 Å². The van der Waals surface area contributed by atoms with E-state index in [1.54, 1.807) is 11.7 Å². The van der Waals surface area contributed by atoms with Crippen molar-refractivity contribution in [3.05, 3.63) is 52.1 Å². The van der Waals surface area contributed by atoms with Crippen molar-refractivity contribution in [1.82, 2.24) is 15.3 Å². The SMILES string of the molecule is Cc1ncsc1CCC(=O)NC(Cc1c[nH]c2ccccc12)C(=O)O. The number of aromatic nitrogens is 2. The predicted molar refractivity (Wildman–Crippen MR) is 96.7 cm³/mol. The van der Waals surface area contributed by atoms with Crippen molar-refractivity contribution in [3.63, 3.8) is 0 Å². The number of aromatic amines is 1. The highest BCUT2D eigenvalue weighted by molar-refractivity contribution is 7.09. The second-order valence-electron chi connectivity index (χ2n) is 5.88. The lowest BCUT2D eigenvalue weighted by Gasteiger charge is -2.14. The molecule has 3 N–H and O–H groups in total. The van der Waals surface area contributed by atoms with Gasteiger partial charge in [0, 0.05) is 34.8 Å². The third-order valence-electron chi connectivity index (χ3n) is 4.16. The average Bonchev–Trinajstić information content (AvgIpc) is 3.19. The minimum Gasteiger partial charge on any atom is -0.480 e. The van der Waals surface area contributed by atoms with E-state index in [1.807, 2.05) is 31.2 Å². The van der Waals surface area contributed by atoms with E-state index in [2.05, 4.69) is 15.3 Å². The smallest absolute Gasteiger partial charge is 0.326 e. The Balaban J connectivity index is 1.64. The second kappa shape index (κ2) is 7.48. The maximum atomic E-state index is 12.2. The van der Waals surface area contributed by atoms with E-state index in [0.717, 1.165) is 27.0 Å². The van der Waals surface area contributed by atoms with Gasteiger partial charge < -0.3 is 15.4 Å². The monoisotopic (exact) mass is 357 g/mol. The van der Waals surface area contributed by atoms with Gasteiger partial charge in [0.25, 0.3) is 0 Å². The number of aliphatic carboxylic acids is 1. The number of amides is 1. The number of nitrogens with one attached hydrogen (secondary N) is 2. The fourth-order valence-electron chi connectivity index (χ4n) is 2.78. The topological polar surface area (TPSA) is 95.1 Å². The Morgan fingerprint density at radius 3 is 2.88 bits per heavy atom. The Hall–Kier alpha value is -2.67. The van der Waals surface area contributed by atoms with Crippen molar-refractivity contribution in [3.8, 4) is 0 Å². The number of H-pyrrole nitrogens is 1. The Morgan fingerprint density at radius 1 is 1.36 bits per heavy atom. The lowest BCUT2D eigenvalue weighted by atomic mass is 10.0. The van der Waals surface area contributed by atoms with Gasteiger partial charge in [-0.15, -0.1) is 11.3 Å². The van der Waals surface area contributed by atoms with Crippen LogP contribution in [0.5, 0.6) is 0 Å². The number of hydrogen-bond donors (Lipinski definition) is 3. The van der Waals surface area contributed by atoms with Gasteiger partial charge in [0.1, 0.15) is 6.04 Å². The zero-order chi connectivity index (χ0) is 17.8. The molecule has 1 unspecified atom stereocenters. The van der Waals surface area contributed by atoms with Gasteiger partial charge in [-0.3, -0.25) is 4.79 Å². The number of carbonyl (C=O) groups is 2. The van der Waals surface area contributed by atoms with Gasteiger partial charge in [-0.25, -0.2) is 9.78 Å². The molecular formula is C18H19N3O3S. The number of hydrogen-bond acceptors (Lipinski definition) is 4. The Bertz CT molecular complexity index is 900. The van der Waals surface area contributed by atoms with Gasteiger partial charge in [0.05, 0.1) is 11.2 Å². The van der Waals surface area contributed by atoms with Crippen LogP contribution in [0.2, 0.25) is 0 Å². The summed E-state index contributed by atoms with van der Waals surface area (Å²) in [6, 6.07) is 6.75. The molecule has 0 spiro atoms. The van der Waals surface area contributed by atoms with Crippen LogP contribution in [0, 0.1) is 6.92 Å². The number of carboxylic acids is 1. The van der Waals surface area contributed by atoms with Crippen LogP contribution >= 0.6 is 11.3 Å². The van der Waals surface area contributed by atoms with Crippen molar-refractivity contribution in [2.24, 2.45) is 0 Å². The highest BCUT2D eigenvalue weighted by Gasteiger charge is 2.22. The summed E-state index contributed by atoms with van der Waals surface area (Å²) in [5.41, 5.74) is 4.50. The number of aryl methyl sites for hydroxylation is 2. The van der Waals surface area contributed by atoms with E-state index in [1.165, 1.54) is 11.3 Å². The van der Waals surface area contributed by atoms with E-state index in [4.69, 9.17) is 0 Å². The number of carboxylic acid groups (broad SMARTS) is 1. The second-order valence-corrected chi connectivity index (χ2v) is 6.82. The van der Waals surface area contributed by atoms with Crippen LogP contribution < -0.4 is 5.32 Å². The zero-order valence-electron chi connectivity index (χ0n) is 13.8. The molecule has 3 rings (SSSR count). The Morgan fingerprint density at radius 2 is 2.16 bits per heavy atom. The van der Waals surface area contributed by atoms with Crippen molar-refractivity contribution in [2.45, 2.75) is 32.2 Å². The summed E-state index contributed by atoms with van der Waals surface area (Å²) in [6.07, 6.45) is 2.86. The van der Waals surface area contributed by atoms with Crippen LogP contribution in [-0.2, 0) is 22.4 Å². The number of para-hydroxylation sites is 1. The molecule has 0 fully saturated rings. The predicted octanol–water partition coefficient (Wildman–Crippen LogP) is 2.68. The van der Waals surface area contributed by atoms with Crippen LogP contribution in [0.3, 0.4) is 0 Å². The molecule has 0 bridgehead atoms. The van der Waals surface area contributed by atoms with Crippen LogP contribution in [-0.4, -0.2) is 33.0 Å². The first-order chi connectivity index (χ1) is 12.0. The highest BCUT2D eigenvalue weighted by Crippen LogP contribution is 2.19. The van der Waals surface area contributed by atoms with E-state index in [-0.39, 0.29) is 18.7 Å². The summed E-state index contributed by atoms with van der Waals surface area (Å²) in [5.74, 6) is -1.30. The number of carbonyl (C=O) groups excluding carboxylic acids is 1. The molecule has 25 heavy (non-hydrogen) atoms. The minimum atomic E-state index is -1.03. The molecular weight excluding hydrogens is 338 g/mol. The summed E-state index contributed by atoms with van der Waals surface area (Å²) >= 11 is 1.51. The van der Waals surface area contributed by atoms with Crippen LogP contribution in [0.1, 0.15) is 22.6 Å². The fraction of sp³-hybridized carbons (Fsp3) is 0.278. The first-order valence-electron chi connectivity index (χ1n) is 8.00. The Kier molecular flexibility index (Phi) is 5.14. The molecule has 0 aliphatic carbocycles. The van der Waals surface area contributed by atoms with Crippen LogP contribution in [0.4, 0.5) is 0 Å². The third-order valence-corrected chi connectivity index (χ3v) is 5.15. The van der Waals surface area contributed by atoms with Crippen LogP contribution in [0.15, 0.2) is 36.0 Å². The number of thiazole rings is 1. The van der Waals surface area contributed by atoms with E-state index in [0.29, 0.717) is 6.42 Å². The molecule has 1 aromatic carbocycles. The standard InChI is InChI=1S/C18H19N3O3S/c1-11-16(25-10-20-11)6-7-17(22)21-15(18(23)24)8-12-9-19-14-5-3-2-4-13(12)14/h2-5,9-10,15,19H,6-8H2,1H3,(H,21,22)(H,23,24). The molecule has 0 aliphatic heterocycles. The molecule has 1 atom stereocenters. The maximum Gasteiger partial charge on any atom is 0.326 e. The summed E-state index contributed by atoms with van der Waals surface area (Å²) in [6.45, 7) is 1.90. The van der Waals surface area contributed by atoms with Gasteiger partial charge >= 0.3 is 5.97 Å². The van der Waals surface area contributed by atoms with Crippen molar-refractivity contribution < 1.29 is 14.7 Å². The maximum absolute atomic E-state index is 12.2. The number of benzene rings is 1. The quantitative estimate of drug-likeness (QED) is 0.606. The molecule has 7 heteroatoms. The zero-order valence-corrected chi connectivity index (χ0v) is 14.6. The number of nitrogens with zero attached hydrogens (tertiary/aromatic N) is 1. The van der Waals surface area contributed by atoms with E-state index in [9.17, 15) is 14.7 Å². The molecule has 0 aliphatic rings. The first-order valence-corrected chi connectivity index (χ1v) is 8.88. The van der Waals surface area contributed by atoms with Gasteiger partial charge in [0.2, 0.25) is 5.91 Å². The number of fused-ring (bicyclic) bond motifs is 1. The molecule has 130 valence electrons. The summed E-state index contributed by atoms with van der Waals surface area (Å²) in [5, 5.41) is 13.1. The molecule has 0 saturated carbocycles.